The number of carbonyl (C=O) groups excluding carboxylic acids is 1. The smallest absolute Gasteiger partial charge is 0.257 e. The lowest BCUT2D eigenvalue weighted by molar-refractivity contribution is 0.0706. The van der Waals surface area contributed by atoms with Crippen LogP contribution >= 0.6 is 0 Å². The van der Waals surface area contributed by atoms with Gasteiger partial charge in [-0.25, -0.2) is 0 Å². The zero-order valence-electron chi connectivity index (χ0n) is 11.7. The fourth-order valence-corrected chi connectivity index (χ4v) is 1.84. The van der Waals surface area contributed by atoms with E-state index in [1.165, 1.54) is 0 Å². The maximum atomic E-state index is 12.5. The van der Waals surface area contributed by atoms with E-state index >= 15 is 0 Å². The second-order valence-corrected chi connectivity index (χ2v) is 4.43. The van der Waals surface area contributed by atoms with Crippen molar-refractivity contribution >= 4 is 5.91 Å². The van der Waals surface area contributed by atoms with E-state index in [1.54, 1.807) is 17.0 Å². The maximum absolute atomic E-state index is 12.5. The molecule has 0 atom stereocenters. The van der Waals surface area contributed by atoms with Crippen LogP contribution in [0.1, 0.15) is 37.6 Å². The maximum Gasteiger partial charge on any atom is 0.257 e. The predicted octanol–water partition coefficient (Wildman–Crippen LogP) is 2.85. The van der Waals surface area contributed by atoms with Crippen molar-refractivity contribution in [3.63, 3.8) is 0 Å². The van der Waals surface area contributed by atoms with Gasteiger partial charge < -0.3 is 9.64 Å². The number of hydrogen-bond acceptors (Lipinski definition) is 3. The Balaban J connectivity index is 2.99. The number of amides is 1. The summed E-state index contributed by atoms with van der Waals surface area (Å²) in [5.74, 6) is 0.506. The van der Waals surface area contributed by atoms with Crippen LogP contribution in [-0.4, -0.2) is 30.0 Å². The third-order valence-corrected chi connectivity index (χ3v) is 2.77. The molecule has 1 aromatic carbocycles. The van der Waals surface area contributed by atoms with Gasteiger partial charge in [-0.15, -0.1) is 0 Å². The molecule has 0 spiro atoms. The van der Waals surface area contributed by atoms with Crippen molar-refractivity contribution in [1.82, 2.24) is 4.90 Å². The second kappa shape index (κ2) is 7.42. The number of rotatable bonds is 6. The molecule has 1 amide bonds. The van der Waals surface area contributed by atoms with E-state index in [2.05, 4.69) is 6.07 Å². The van der Waals surface area contributed by atoms with E-state index in [-0.39, 0.29) is 11.9 Å². The van der Waals surface area contributed by atoms with Gasteiger partial charge in [0.15, 0.2) is 0 Å². The van der Waals surface area contributed by atoms with Gasteiger partial charge in [0.25, 0.3) is 5.91 Å². The summed E-state index contributed by atoms with van der Waals surface area (Å²) < 4.78 is 5.48. The summed E-state index contributed by atoms with van der Waals surface area (Å²) in [6.45, 7) is 6.73. The van der Waals surface area contributed by atoms with Crippen LogP contribution in [0, 0.1) is 11.3 Å². The van der Waals surface area contributed by atoms with Gasteiger partial charge >= 0.3 is 0 Å². The molecule has 0 heterocycles. The standard InChI is InChI=1S/C15H20N2O2/c1-4-19-14-9-6-5-8-13(14)15(18)17(12(2)3)11-7-10-16/h5-6,8-9,12H,4,7,11H2,1-3H3. The molecule has 0 aromatic heterocycles. The second-order valence-electron chi connectivity index (χ2n) is 4.43. The van der Waals surface area contributed by atoms with Gasteiger partial charge in [0.2, 0.25) is 0 Å². The van der Waals surface area contributed by atoms with Gasteiger partial charge in [-0.05, 0) is 32.9 Å². The van der Waals surface area contributed by atoms with E-state index in [9.17, 15) is 4.79 Å². The number of benzene rings is 1. The molecule has 0 unspecified atom stereocenters. The molecule has 0 bridgehead atoms. The van der Waals surface area contributed by atoms with Crippen LogP contribution in [0.5, 0.6) is 5.75 Å². The van der Waals surface area contributed by atoms with Crippen LogP contribution in [-0.2, 0) is 0 Å². The molecular weight excluding hydrogens is 240 g/mol. The highest BCUT2D eigenvalue weighted by Gasteiger charge is 2.21. The monoisotopic (exact) mass is 260 g/mol. The van der Waals surface area contributed by atoms with Crippen molar-refractivity contribution in [3.05, 3.63) is 29.8 Å². The van der Waals surface area contributed by atoms with Crippen LogP contribution < -0.4 is 4.74 Å². The van der Waals surface area contributed by atoms with Gasteiger partial charge in [0.1, 0.15) is 5.75 Å². The van der Waals surface area contributed by atoms with Crippen LogP contribution in [0.15, 0.2) is 24.3 Å². The predicted molar refractivity (Wildman–Crippen MR) is 74.0 cm³/mol. The Kier molecular flexibility index (Phi) is 5.87. The van der Waals surface area contributed by atoms with Crippen molar-refractivity contribution in [2.24, 2.45) is 0 Å². The first-order valence-corrected chi connectivity index (χ1v) is 6.51. The van der Waals surface area contributed by atoms with Crippen molar-refractivity contribution in [2.45, 2.75) is 33.2 Å². The first-order valence-electron chi connectivity index (χ1n) is 6.51. The highest BCUT2D eigenvalue weighted by Crippen LogP contribution is 2.21. The summed E-state index contributed by atoms with van der Waals surface area (Å²) in [5, 5.41) is 8.68. The zero-order valence-corrected chi connectivity index (χ0v) is 11.7. The number of hydrogen-bond donors (Lipinski definition) is 0. The molecule has 0 aliphatic heterocycles. The number of ether oxygens (including phenoxy) is 1. The molecule has 0 saturated heterocycles. The largest absolute Gasteiger partial charge is 0.493 e. The fourth-order valence-electron chi connectivity index (χ4n) is 1.84. The molecule has 4 heteroatoms. The minimum atomic E-state index is -0.0886. The van der Waals surface area contributed by atoms with E-state index < -0.39 is 0 Å². The van der Waals surface area contributed by atoms with Crippen LogP contribution in [0.4, 0.5) is 0 Å². The Hall–Kier alpha value is -2.02. The molecule has 19 heavy (non-hydrogen) atoms. The van der Waals surface area contributed by atoms with E-state index in [1.807, 2.05) is 32.9 Å². The van der Waals surface area contributed by atoms with Gasteiger partial charge in [-0.1, -0.05) is 12.1 Å². The minimum absolute atomic E-state index is 0.0514. The summed E-state index contributed by atoms with van der Waals surface area (Å²) in [7, 11) is 0. The van der Waals surface area contributed by atoms with E-state index in [4.69, 9.17) is 10.00 Å². The average Bonchev–Trinajstić information content (AvgIpc) is 2.39. The number of nitriles is 1. The third-order valence-electron chi connectivity index (χ3n) is 2.77. The molecule has 0 saturated carbocycles. The Morgan fingerprint density at radius 2 is 2.11 bits per heavy atom. The van der Waals surface area contributed by atoms with E-state index in [0.29, 0.717) is 30.9 Å². The third kappa shape index (κ3) is 3.99. The Bertz CT molecular complexity index is 463. The van der Waals surface area contributed by atoms with Crippen LogP contribution in [0.2, 0.25) is 0 Å². The average molecular weight is 260 g/mol. The SMILES string of the molecule is CCOc1ccccc1C(=O)N(CCC#N)C(C)C. The fraction of sp³-hybridized carbons (Fsp3) is 0.467. The summed E-state index contributed by atoms with van der Waals surface area (Å²) >= 11 is 0. The van der Waals surface area contributed by atoms with Crippen molar-refractivity contribution < 1.29 is 9.53 Å². The summed E-state index contributed by atoms with van der Waals surface area (Å²) in [4.78, 5) is 14.2. The number of para-hydroxylation sites is 1. The molecule has 1 rings (SSSR count). The molecule has 4 nitrogen and oxygen atoms in total. The van der Waals surface area contributed by atoms with Gasteiger partial charge in [-0.3, -0.25) is 4.79 Å². The minimum Gasteiger partial charge on any atom is -0.493 e. The lowest BCUT2D eigenvalue weighted by atomic mass is 10.1. The Morgan fingerprint density at radius 1 is 1.42 bits per heavy atom. The highest BCUT2D eigenvalue weighted by atomic mass is 16.5. The molecule has 0 radical (unpaired) electrons. The topological polar surface area (TPSA) is 53.3 Å². The van der Waals surface area contributed by atoms with Gasteiger partial charge in [0, 0.05) is 12.6 Å². The Labute approximate surface area is 114 Å². The lowest BCUT2D eigenvalue weighted by Crippen LogP contribution is -2.37. The van der Waals surface area contributed by atoms with Crippen LogP contribution in [0.25, 0.3) is 0 Å². The van der Waals surface area contributed by atoms with E-state index in [0.717, 1.165) is 0 Å². The molecule has 0 fully saturated rings. The van der Waals surface area contributed by atoms with Gasteiger partial charge in [-0.2, -0.15) is 5.26 Å². The first kappa shape index (κ1) is 15.0. The molecular formula is C15H20N2O2. The molecule has 0 aliphatic rings. The first-order chi connectivity index (χ1) is 9.11. The van der Waals surface area contributed by atoms with Crippen molar-refractivity contribution in [1.29, 1.82) is 5.26 Å². The summed E-state index contributed by atoms with van der Waals surface area (Å²) in [6.07, 6.45) is 0.334. The molecule has 1 aromatic rings. The van der Waals surface area contributed by atoms with Crippen LogP contribution in [0.3, 0.4) is 0 Å². The quantitative estimate of drug-likeness (QED) is 0.790. The van der Waals surface area contributed by atoms with Crippen molar-refractivity contribution in [2.75, 3.05) is 13.2 Å². The van der Waals surface area contributed by atoms with Crippen molar-refractivity contribution in [3.8, 4) is 11.8 Å². The molecule has 0 N–H and O–H groups in total. The zero-order chi connectivity index (χ0) is 14.3. The highest BCUT2D eigenvalue weighted by molar-refractivity contribution is 5.97. The summed E-state index contributed by atoms with van der Waals surface area (Å²) in [5.41, 5.74) is 0.552. The number of nitrogens with zero attached hydrogens (tertiary/aromatic N) is 2. The Morgan fingerprint density at radius 3 is 2.68 bits per heavy atom. The normalized spacial score (nSPS) is 10.1. The summed E-state index contributed by atoms with van der Waals surface area (Å²) in [6, 6.07) is 9.34. The lowest BCUT2D eigenvalue weighted by Gasteiger charge is -2.26. The molecule has 102 valence electrons. The number of carbonyl (C=O) groups is 1. The van der Waals surface area contributed by atoms with Gasteiger partial charge in [0.05, 0.1) is 24.7 Å². The molecule has 0 aliphatic carbocycles.